The van der Waals surface area contributed by atoms with Crippen molar-refractivity contribution in [2.75, 3.05) is 26.2 Å². The number of nitrogens with zero attached hydrogens (tertiary/aromatic N) is 4. The van der Waals surface area contributed by atoms with E-state index in [1.807, 2.05) is 66.4 Å². The zero-order chi connectivity index (χ0) is 20.4. The Balaban J connectivity index is 1.74. The molecule has 1 saturated heterocycles. The zero-order valence-corrected chi connectivity index (χ0v) is 17.7. The molecule has 2 amide bonds. The van der Waals surface area contributed by atoms with Crippen molar-refractivity contribution in [2.24, 2.45) is 5.92 Å². The molecule has 0 radical (unpaired) electrons. The number of carbonyl (C=O) groups excluding carboxylic acids is 2. The normalized spacial score (nSPS) is 14.6. The molecule has 7 heteroatoms. The lowest BCUT2D eigenvalue weighted by atomic mass is 10.1. The molecule has 0 bridgehead atoms. The molecule has 2 aromatic rings. The summed E-state index contributed by atoms with van der Waals surface area (Å²) in [6, 6.07) is 7.65. The maximum atomic E-state index is 13.1. The lowest BCUT2D eigenvalue weighted by Gasteiger charge is -2.35. The van der Waals surface area contributed by atoms with Gasteiger partial charge in [-0.05, 0) is 25.5 Å². The number of carbonyl (C=O) groups is 2. The maximum absolute atomic E-state index is 13.1. The minimum absolute atomic E-state index is 0.0166. The van der Waals surface area contributed by atoms with E-state index in [4.69, 9.17) is 11.6 Å². The monoisotopic (exact) mass is 402 g/mol. The minimum Gasteiger partial charge on any atom is -0.339 e. The highest BCUT2D eigenvalue weighted by Crippen LogP contribution is 2.21. The van der Waals surface area contributed by atoms with Crippen LogP contribution in [0, 0.1) is 19.8 Å². The van der Waals surface area contributed by atoms with Gasteiger partial charge in [0.1, 0.15) is 0 Å². The van der Waals surface area contributed by atoms with E-state index in [0.29, 0.717) is 43.3 Å². The number of halogens is 1. The summed E-state index contributed by atoms with van der Waals surface area (Å²) in [5, 5.41) is 5.26. The van der Waals surface area contributed by atoms with Gasteiger partial charge in [0.15, 0.2) is 0 Å². The number of piperazine rings is 1. The molecule has 2 heterocycles. The summed E-state index contributed by atoms with van der Waals surface area (Å²) < 4.78 is 1.84. The quantitative estimate of drug-likeness (QED) is 0.789. The van der Waals surface area contributed by atoms with Crippen molar-refractivity contribution >= 4 is 23.4 Å². The molecule has 0 spiro atoms. The Labute approximate surface area is 171 Å². The Kier molecular flexibility index (Phi) is 6.08. The smallest absolute Gasteiger partial charge is 0.257 e. The van der Waals surface area contributed by atoms with Crippen LogP contribution < -0.4 is 0 Å². The molecule has 1 fully saturated rings. The molecule has 0 N–H and O–H groups in total. The van der Waals surface area contributed by atoms with Crippen molar-refractivity contribution < 1.29 is 9.59 Å². The van der Waals surface area contributed by atoms with E-state index in [9.17, 15) is 9.59 Å². The van der Waals surface area contributed by atoms with Crippen LogP contribution in [0.3, 0.4) is 0 Å². The van der Waals surface area contributed by atoms with Gasteiger partial charge in [-0.1, -0.05) is 43.6 Å². The Morgan fingerprint density at radius 2 is 1.68 bits per heavy atom. The molecule has 0 aliphatic carbocycles. The Hall–Kier alpha value is -2.34. The van der Waals surface area contributed by atoms with Gasteiger partial charge < -0.3 is 9.80 Å². The molecule has 6 nitrogen and oxygen atoms in total. The summed E-state index contributed by atoms with van der Waals surface area (Å²) in [6.45, 7) is 10.4. The fourth-order valence-electron chi connectivity index (χ4n) is 3.60. The van der Waals surface area contributed by atoms with E-state index in [0.717, 1.165) is 17.0 Å². The molecule has 0 saturated carbocycles. The maximum Gasteiger partial charge on any atom is 0.257 e. The summed E-state index contributed by atoms with van der Waals surface area (Å²) in [4.78, 5) is 28.9. The molecule has 0 atom stereocenters. The van der Waals surface area contributed by atoms with Gasteiger partial charge in [0.05, 0.1) is 17.8 Å². The first-order valence-electron chi connectivity index (χ1n) is 9.65. The highest BCUT2D eigenvalue weighted by Gasteiger charge is 2.29. The summed E-state index contributed by atoms with van der Waals surface area (Å²) >= 11 is 6.27. The third kappa shape index (κ3) is 4.07. The first-order valence-corrected chi connectivity index (χ1v) is 10.0. The van der Waals surface area contributed by atoms with Crippen LogP contribution >= 0.6 is 11.6 Å². The standard InChI is InChI=1S/C21H27ClN4O2/c1-14(2)20(27)24-9-11-25(12-10-24)21(28)19-15(3)23-26(16(19)4)13-17-7-5-6-8-18(17)22/h5-8,14H,9-13H2,1-4H3. The minimum atomic E-state index is -0.0187. The first kappa shape index (κ1) is 20.4. The number of aromatic nitrogens is 2. The van der Waals surface area contributed by atoms with E-state index in [2.05, 4.69) is 5.10 Å². The van der Waals surface area contributed by atoms with Crippen LogP contribution in [-0.4, -0.2) is 57.6 Å². The average Bonchev–Trinajstić information content (AvgIpc) is 2.95. The molecular weight excluding hydrogens is 376 g/mol. The fraction of sp³-hybridized carbons (Fsp3) is 0.476. The summed E-state index contributed by atoms with van der Waals surface area (Å²) in [6.07, 6.45) is 0. The first-order chi connectivity index (χ1) is 13.3. The molecule has 28 heavy (non-hydrogen) atoms. The van der Waals surface area contributed by atoms with E-state index >= 15 is 0 Å². The predicted molar refractivity (Wildman–Crippen MR) is 110 cm³/mol. The van der Waals surface area contributed by atoms with E-state index in [1.54, 1.807) is 0 Å². The fourth-order valence-corrected chi connectivity index (χ4v) is 3.80. The van der Waals surface area contributed by atoms with Crippen LogP contribution in [0.2, 0.25) is 5.02 Å². The molecule has 3 rings (SSSR count). The van der Waals surface area contributed by atoms with Crippen LogP contribution in [0.15, 0.2) is 24.3 Å². The van der Waals surface area contributed by atoms with Gasteiger partial charge in [-0.25, -0.2) is 0 Å². The number of aryl methyl sites for hydroxylation is 1. The topological polar surface area (TPSA) is 58.4 Å². The van der Waals surface area contributed by atoms with Crippen molar-refractivity contribution in [3.05, 3.63) is 51.8 Å². The average molecular weight is 403 g/mol. The molecular formula is C21H27ClN4O2. The summed E-state index contributed by atoms with van der Waals surface area (Å²) in [7, 11) is 0. The van der Waals surface area contributed by atoms with Crippen molar-refractivity contribution in [3.8, 4) is 0 Å². The van der Waals surface area contributed by atoms with Crippen LogP contribution in [0.4, 0.5) is 0 Å². The number of hydrogen-bond donors (Lipinski definition) is 0. The molecule has 150 valence electrons. The molecule has 1 aliphatic rings. The van der Waals surface area contributed by atoms with Gasteiger partial charge in [-0.15, -0.1) is 0 Å². The SMILES string of the molecule is Cc1nn(Cc2ccccc2Cl)c(C)c1C(=O)N1CCN(C(=O)C(C)C)CC1. The van der Waals surface area contributed by atoms with E-state index in [1.165, 1.54) is 0 Å². The van der Waals surface area contributed by atoms with Gasteiger partial charge in [-0.2, -0.15) is 5.10 Å². The molecule has 1 aromatic carbocycles. The second-order valence-electron chi connectivity index (χ2n) is 7.57. The van der Waals surface area contributed by atoms with Gasteiger partial charge in [0.25, 0.3) is 5.91 Å². The lowest BCUT2D eigenvalue weighted by Crippen LogP contribution is -2.51. The highest BCUT2D eigenvalue weighted by atomic mass is 35.5. The predicted octanol–water partition coefficient (Wildman–Crippen LogP) is 3.14. The zero-order valence-electron chi connectivity index (χ0n) is 16.9. The van der Waals surface area contributed by atoms with Crippen LogP contribution in [0.1, 0.15) is 41.2 Å². The number of rotatable bonds is 4. The molecule has 1 aromatic heterocycles. The van der Waals surface area contributed by atoms with Gasteiger partial charge in [0.2, 0.25) is 5.91 Å². The second kappa shape index (κ2) is 8.35. The van der Waals surface area contributed by atoms with Gasteiger partial charge >= 0.3 is 0 Å². The number of amides is 2. The molecule has 0 unspecified atom stereocenters. The summed E-state index contributed by atoms with van der Waals surface area (Å²) in [5.74, 6) is 0.110. The number of benzene rings is 1. The third-order valence-corrected chi connectivity index (χ3v) is 5.61. The second-order valence-corrected chi connectivity index (χ2v) is 7.97. The van der Waals surface area contributed by atoms with Crippen LogP contribution in [0.5, 0.6) is 0 Å². The number of hydrogen-bond acceptors (Lipinski definition) is 3. The van der Waals surface area contributed by atoms with E-state index < -0.39 is 0 Å². The Morgan fingerprint density at radius 3 is 2.29 bits per heavy atom. The Morgan fingerprint density at radius 1 is 1.07 bits per heavy atom. The van der Waals surface area contributed by atoms with Gasteiger partial charge in [0, 0.05) is 42.8 Å². The van der Waals surface area contributed by atoms with Crippen LogP contribution in [-0.2, 0) is 11.3 Å². The Bertz CT molecular complexity index is 883. The van der Waals surface area contributed by atoms with Crippen molar-refractivity contribution in [1.82, 2.24) is 19.6 Å². The third-order valence-electron chi connectivity index (χ3n) is 5.25. The van der Waals surface area contributed by atoms with Gasteiger partial charge in [-0.3, -0.25) is 14.3 Å². The van der Waals surface area contributed by atoms with E-state index in [-0.39, 0.29) is 17.7 Å². The van der Waals surface area contributed by atoms with Crippen molar-refractivity contribution in [2.45, 2.75) is 34.2 Å². The largest absolute Gasteiger partial charge is 0.339 e. The lowest BCUT2D eigenvalue weighted by molar-refractivity contribution is -0.135. The highest BCUT2D eigenvalue weighted by molar-refractivity contribution is 6.31. The summed E-state index contributed by atoms with van der Waals surface area (Å²) in [5.41, 5.74) is 3.17. The van der Waals surface area contributed by atoms with Crippen LogP contribution in [0.25, 0.3) is 0 Å². The van der Waals surface area contributed by atoms with Crippen molar-refractivity contribution in [3.63, 3.8) is 0 Å². The molecule has 1 aliphatic heterocycles. The van der Waals surface area contributed by atoms with Crippen molar-refractivity contribution in [1.29, 1.82) is 0 Å².